The third-order valence-electron chi connectivity index (χ3n) is 3.91. The third-order valence-corrected chi connectivity index (χ3v) is 3.91. The van der Waals surface area contributed by atoms with Crippen molar-refractivity contribution in [2.24, 2.45) is 0 Å². The van der Waals surface area contributed by atoms with Gasteiger partial charge >= 0.3 is 0 Å². The summed E-state index contributed by atoms with van der Waals surface area (Å²) in [5.41, 5.74) is 1.33. The van der Waals surface area contributed by atoms with Crippen LogP contribution in [-0.2, 0) is 6.54 Å². The summed E-state index contributed by atoms with van der Waals surface area (Å²) in [6.45, 7) is 8.73. The molecule has 0 saturated heterocycles. The maximum atomic E-state index is 4.49. The van der Waals surface area contributed by atoms with Gasteiger partial charge in [-0.2, -0.15) is 5.10 Å². The summed E-state index contributed by atoms with van der Waals surface area (Å²) in [5.74, 6) is 0. The van der Waals surface area contributed by atoms with E-state index in [4.69, 9.17) is 0 Å². The van der Waals surface area contributed by atoms with Gasteiger partial charge in [-0.15, -0.1) is 0 Å². The van der Waals surface area contributed by atoms with Crippen LogP contribution in [0, 0.1) is 0 Å². The van der Waals surface area contributed by atoms with E-state index in [0.717, 1.165) is 19.5 Å². The molecule has 1 unspecified atom stereocenters. The van der Waals surface area contributed by atoms with E-state index in [1.807, 2.05) is 6.20 Å². The van der Waals surface area contributed by atoms with Crippen LogP contribution in [0.4, 0.5) is 0 Å². The smallest absolute Gasteiger partial charge is 0.0537 e. The van der Waals surface area contributed by atoms with Crippen LogP contribution in [0.25, 0.3) is 0 Å². The molecule has 0 spiro atoms. The minimum absolute atomic E-state index is 0.461. The van der Waals surface area contributed by atoms with Gasteiger partial charge in [-0.3, -0.25) is 4.68 Å². The van der Waals surface area contributed by atoms with Crippen LogP contribution >= 0.6 is 0 Å². The number of aromatic nitrogens is 2. The normalized spacial score (nSPS) is 12.8. The Balaban J connectivity index is 2.20. The van der Waals surface area contributed by atoms with Crippen LogP contribution < -0.4 is 5.32 Å². The van der Waals surface area contributed by atoms with E-state index in [9.17, 15) is 0 Å². The van der Waals surface area contributed by atoms with E-state index in [-0.39, 0.29) is 0 Å². The fraction of sp³-hybridized carbons (Fsp3) is 0.824. The van der Waals surface area contributed by atoms with Crippen molar-refractivity contribution in [3.8, 4) is 0 Å². The molecule has 1 N–H and O–H groups in total. The number of hydrogen-bond donors (Lipinski definition) is 1. The van der Waals surface area contributed by atoms with E-state index in [1.54, 1.807) is 0 Å². The van der Waals surface area contributed by atoms with Gasteiger partial charge in [0.25, 0.3) is 0 Å². The lowest BCUT2D eigenvalue weighted by atomic mass is 10.1. The van der Waals surface area contributed by atoms with E-state index in [0.29, 0.717) is 6.04 Å². The first-order valence-electron chi connectivity index (χ1n) is 8.57. The van der Waals surface area contributed by atoms with E-state index >= 15 is 0 Å². The zero-order chi connectivity index (χ0) is 14.6. The average Bonchev–Trinajstić information content (AvgIpc) is 2.92. The Morgan fingerprint density at radius 3 is 2.40 bits per heavy atom. The highest BCUT2D eigenvalue weighted by Crippen LogP contribution is 2.15. The van der Waals surface area contributed by atoms with Crippen LogP contribution in [0.2, 0.25) is 0 Å². The molecule has 0 radical (unpaired) electrons. The monoisotopic (exact) mass is 279 g/mol. The van der Waals surface area contributed by atoms with E-state index < -0.39 is 0 Å². The summed E-state index contributed by atoms with van der Waals surface area (Å²) in [7, 11) is 0. The fourth-order valence-corrected chi connectivity index (χ4v) is 2.66. The highest BCUT2D eigenvalue weighted by molar-refractivity contribution is 5.10. The summed E-state index contributed by atoms with van der Waals surface area (Å²) in [5, 5.41) is 8.00. The number of unbranched alkanes of at least 4 members (excludes halogenated alkanes) is 6. The van der Waals surface area contributed by atoms with Crippen molar-refractivity contribution in [3.63, 3.8) is 0 Å². The van der Waals surface area contributed by atoms with Crippen LogP contribution in [-0.4, -0.2) is 16.3 Å². The van der Waals surface area contributed by atoms with E-state index in [2.05, 4.69) is 42.1 Å². The number of rotatable bonds is 12. The Labute approximate surface area is 125 Å². The molecule has 0 amide bonds. The van der Waals surface area contributed by atoms with Crippen molar-refractivity contribution in [2.45, 2.75) is 84.7 Å². The molecule has 1 heterocycles. The van der Waals surface area contributed by atoms with Gasteiger partial charge in [0.2, 0.25) is 0 Å². The Kier molecular flexibility index (Phi) is 9.38. The fourth-order valence-electron chi connectivity index (χ4n) is 2.66. The summed E-state index contributed by atoms with van der Waals surface area (Å²) in [6.07, 6.45) is 14.9. The summed E-state index contributed by atoms with van der Waals surface area (Å²) in [4.78, 5) is 0. The lowest BCUT2D eigenvalue weighted by Crippen LogP contribution is -2.19. The molecule has 0 aliphatic carbocycles. The maximum Gasteiger partial charge on any atom is 0.0537 e. The first kappa shape index (κ1) is 17.2. The van der Waals surface area contributed by atoms with Gasteiger partial charge < -0.3 is 5.32 Å². The topological polar surface area (TPSA) is 29.9 Å². The zero-order valence-electron chi connectivity index (χ0n) is 13.7. The third kappa shape index (κ3) is 6.56. The SMILES string of the molecule is CCCCCCCCCn1cc(C(CC)NCC)cn1. The van der Waals surface area contributed by atoms with Crippen molar-refractivity contribution < 1.29 is 0 Å². The summed E-state index contributed by atoms with van der Waals surface area (Å²) >= 11 is 0. The van der Waals surface area contributed by atoms with Gasteiger partial charge in [0, 0.05) is 24.3 Å². The molecular weight excluding hydrogens is 246 g/mol. The molecule has 1 atom stereocenters. The largest absolute Gasteiger partial charge is 0.310 e. The Morgan fingerprint density at radius 2 is 1.75 bits per heavy atom. The van der Waals surface area contributed by atoms with Crippen molar-refractivity contribution in [2.75, 3.05) is 6.54 Å². The predicted molar refractivity (Wildman–Crippen MR) is 86.9 cm³/mol. The molecule has 3 heteroatoms. The standard InChI is InChI=1S/C17H33N3/c1-4-7-8-9-10-11-12-13-20-15-16(14-19-20)17(5-2)18-6-3/h14-15,17-18H,4-13H2,1-3H3. The van der Waals surface area contributed by atoms with Crippen molar-refractivity contribution in [3.05, 3.63) is 18.0 Å². The molecule has 3 nitrogen and oxygen atoms in total. The van der Waals surface area contributed by atoms with Crippen LogP contribution in [0.5, 0.6) is 0 Å². The molecule has 20 heavy (non-hydrogen) atoms. The molecule has 0 fully saturated rings. The number of hydrogen-bond acceptors (Lipinski definition) is 2. The first-order valence-corrected chi connectivity index (χ1v) is 8.57. The van der Waals surface area contributed by atoms with E-state index in [1.165, 1.54) is 50.5 Å². The van der Waals surface area contributed by atoms with Crippen LogP contribution in [0.3, 0.4) is 0 Å². The van der Waals surface area contributed by atoms with Gasteiger partial charge in [-0.1, -0.05) is 59.3 Å². The first-order chi connectivity index (χ1) is 9.81. The molecular formula is C17H33N3. The van der Waals surface area contributed by atoms with Crippen molar-refractivity contribution in [1.29, 1.82) is 0 Å². The Hall–Kier alpha value is -0.830. The van der Waals surface area contributed by atoms with Gasteiger partial charge in [0.1, 0.15) is 0 Å². The number of aryl methyl sites for hydroxylation is 1. The molecule has 0 bridgehead atoms. The van der Waals surface area contributed by atoms with Crippen LogP contribution in [0.15, 0.2) is 12.4 Å². The second-order valence-electron chi connectivity index (χ2n) is 5.68. The molecule has 0 saturated carbocycles. The molecule has 0 aliphatic heterocycles. The predicted octanol–water partition coefficient (Wildman–Crippen LogP) is 4.69. The van der Waals surface area contributed by atoms with Crippen molar-refractivity contribution >= 4 is 0 Å². The second-order valence-corrected chi connectivity index (χ2v) is 5.68. The minimum Gasteiger partial charge on any atom is -0.310 e. The van der Waals surface area contributed by atoms with Gasteiger partial charge in [-0.05, 0) is 19.4 Å². The quantitative estimate of drug-likeness (QED) is 0.562. The average molecular weight is 279 g/mol. The van der Waals surface area contributed by atoms with Gasteiger partial charge in [0.15, 0.2) is 0 Å². The number of nitrogens with one attached hydrogen (secondary N) is 1. The number of nitrogens with zero attached hydrogens (tertiary/aromatic N) is 2. The zero-order valence-corrected chi connectivity index (χ0v) is 13.7. The summed E-state index contributed by atoms with van der Waals surface area (Å²) < 4.78 is 2.11. The lowest BCUT2D eigenvalue weighted by molar-refractivity contribution is 0.518. The summed E-state index contributed by atoms with van der Waals surface area (Å²) in [6, 6.07) is 0.461. The van der Waals surface area contributed by atoms with Gasteiger partial charge in [0.05, 0.1) is 6.20 Å². The molecule has 1 aromatic rings. The highest BCUT2D eigenvalue weighted by atomic mass is 15.3. The van der Waals surface area contributed by atoms with Gasteiger partial charge in [-0.25, -0.2) is 0 Å². The maximum absolute atomic E-state index is 4.49. The highest BCUT2D eigenvalue weighted by Gasteiger charge is 2.09. The minimum atomic E-state index is 0.461. The lowest BCUT2D eigenvalue weighted by Gasteiger charge is -2.13. The Morgan fingerprint density at radius 1 is 1.05 bits per heavy atom. The Bertz CT molecular complexity index is 333. The molecule has 1 aromatic heterocycles. The van der Waals surface area contributed by atoms with Crippen LogP contribution in [0.1, 0.15) is 83.7 Å². The van der Waals surface area contributed by atoms with Crippen molar-refractivity contribution in [1.82, 2.24) is 15.1 Å². The second kappa shape index (κ2) is 10.9. The molecule has 1 rings (SSSR count). The molecule has 116 valence electrons. The molecule has 0 aliphatic rings. The molecule has 0 aromatic carbocycles.